The van der Waals surface area contributed by atoms with Crippen LogP contribution in [0.4, 0.5) is 5.69 Å². The van der Waals surface area contributed by atoms with E-state index in [1.165, 1.54) is 24.9 Å². The fourth-order valence-corrected chi connectivity index (χ4v) is 3.77. The highest BCUT2D eigenvalue weighted by atomic mass is 79.9. The fraction of sp³-hybridized carbons (Fsp3) is 0.625. The summed E-state index contributed by atoms with van der Waals surface area (Å²) >= 11 is 3.60. The summed E-state index contributed by atoms with van der Waals surface area (Å²) in [4.78, 5) is 2.52. The Labute approximate surface area is 129 Å². The van der Waals surface area contributed by atoms with Crippen LogP contribution in [0, 0.1) is 5.92 Å². The number of ether oxygens (including phenoxy) is 1. The summed E-state index contributed by atoms with van der Waals surface area (Å²) in [5, 5.41) is 3.78. The zero-order chi connectivity index (χ0) is 14.2. The van der Waals surface area contributed by atoms with E-state index >= 15 is 0 Å². The van der Waals surface area contributed by atoms with Crippen molar-refractivity contribution in [1.29, 1.82) is 0 Å². The van der Waals surface area contributed by atoms with Gasteiger partial charge in [-0.3, -0.25) is 0 Å². The van der Waals surface area contributed by atoms with E-state index in [1.807, 2.05) is 6.07 Å². The number of benzene rings is 1. The molecule has 4 heteroatoms. The van der Waals surface area contributed by atoms with Crippen molar-refractivity contribution >= 4 is 21.6 Å². The third-order valence-corrected chi connectivity index (χ3v) is 5.25. The average Bonchev–Trinajstić information content (AvgIpc) is 3.25. The van der Waals surface area contributed by atoms with Crippen molar-refractivity contribution in [2.24, 2.45) is 5.92 Å². The van der Waals surface area contributed by atoms with Gasteiger partial charge in [0, 0.05) is 24.3 Å². The van der Waals surface area contributed by atoms with Gasteiger partial charge in [-0.25, -0.2) is 0 Å². The zero-order valence-electron chi connectivity index (χ0n) is 12.3. The quantitative estimate of drug-likeness (QED) is 0.913. The molecule has 3 nitrogen and oxygen atoms in total. The molecule has 0 radical (unpaired) electrons. The first-order valence-electron chi connectivity index (χ1n) is 7.46. The van der Waals surface area contributed by atoms with Crippen molar-refractivity contribution in [2.75, 3.05) is 31.6 Å². The molecular formula is C16H23BrN2O. The molecule has 0 bridgehead atoms. The van der Waals surface area contributed by atoms with Gasteiger partial charge in [-0.05, 0) is 72.8 Å². The maximum absolute atomic E-state index is 5.32. The Morgan fingerprint density at radius 2 is 2.20 bits per heavy atom. The van der Waals surface area contributed by atoms with E-state index in [0.29, 0.717) is 0 Å². The lowest BCUT2D eigenvalue weighted by atomic mass is 9.95. The fourth-order valence-electron chi connectivity index (χ4n) is 3.24. The van der Waals surface area contributed by atoms with Crippen molar-refractivity contribution < 1.29 is 4.74 Å². The molecule has 1 N–H and O–H groups in total. The van der Waals surface area contributed by atoms with Crippen molar-refractivity contribution in [1.82, 2.24) is 5.32 Å². The molecule has 1 saturated carbocycles. The number of anilines is 1. The predicted octanol–water partition coefficient (Wildman–Crippen LogP) is 3.43. The number of nitrogens with zero attached hydrogens (tertiary/aromatic N) is 1. The van der Waals surface area contributed by atoms with Crippen LogP contribution in [0.5, 0.6) is 5.75 Å². The molecule has 1 aromatic carbocycles. The van der Waals surface area contributed by atoms with E-state index in [4.69, 9.17) is 4.74 Å². The molecule has 1 atom stereocenters. The Kier molecular flexibility index (Phi) is 3.95. The molecular weight excluding hydrogens is 316 g/mol. The first-order chi connectivity index (χ1) is 9.62. The largest absolute Gasteiger partial charge is 0.496 e. The van der Waals surface area contributed by atoms with Crippen LogP contribution in [0.15, 0.2) is 22.7 Å². The van der Waals surface area contributed by atoms with E-state index in [-0.39, 0.29) is 5.54 Å². The van der Waals surface area contributed by atoms with Crippen LogP contribution >= 0.6 is 15.9 Å². The maximum Gasteiger partial charge on any atom is 0.133 e. The lowest BCUT2D eigenvalue weighted by Crippen LogP contribution is -2.51. The Hall–Kier alpha value is -0.740. The number of nitrogens with one attached hydrogen (secondary N) is 1. The molecule has 0 spiro atoms. The lowest BCUT2D eigenvalue weighted by Gasteiger charge is -2.35. The molecule has 20 heavy (non-hydrogen) atoms. The van der Waals surface area contributed by atoms with Gasteiger partial charge in [0.1, 0.15) is 5.75 Å². The topological polar surface area (TPSA) is 24.5 Å². The summed E-state index contributed by atoms with van der Waals surface area (Å²) in [6, 6.07) is 6.39. The van der Waals surface area contributed by atoms with Crippen LogP contribution < -0.4 is 15.0 Å². The first kappa shape index (κ1) is 14.2. The molecule has 110 valence electrons. The standard InChI is InChI=1S/C16H23BrN2O/c1-16(12-4-5-12)11-19(9-3-8-18-16)13-6-7-15(20-2)14(17)10-13/h6-7,10,12,18H,3-5,8-9,11H2,1-2H3. The van der Waals surface area contributed by atoms with Gasteiger partial charge >= 0.3 is 0 Å². The molecule has 3 rings (SSSR count). The highest BCUT2D eigenvalue weighted by Crippen LogP contribution is 2.41. The Bertz CT molecular complexity index is 489. The number of hydrogen-bond acceptors (Lipinski definition) is 3. The molecule has 1 saturated heterocycles. The van der Waals surface area contributed by atoms with Crippen molar-refractivity contribution in [3.8, 4) is 5.75 Å². The Morgan fingerprint density at radius 3 is 2.85 bits per heavy atom. The summed E-state index contributed by atoms with van der Waals surface area (Å²) in [5.41, 5.74) is 1.55. The molecule has 1 aliphatic carbocycles. The molecule has 1 aromatic rings. The van der Waals surface area contributed by atoms with Crippen LogP contribution in [0.2, 0.25) is 0 Å². The average molecular weight is 339 g/mol. The SMILES string of the molecule is COc1ccc(N2CCCNC(C)(C3CC3)C2)cc1Br. The van der Waals surface area contributed by atoms with Gasteiger partial charge in [-0.1, -0.05) is 0 Å². The molecule has 0 aromatic heterocycles. The van der Waals surface area contributed by atoms with Crippen molar-refractivity contribution in [3.63, 3.8) is 0 Å². The molecule has 1 aliphatic heterocycles. The monoisotopic (exact) mass is 338 g/mol. The zero-order valence-corrected chi connectivity index (χ0v) is 13.9. The van der Waals surface area contributed by atoms with E-state index in [0.717, 1.165) is 35.8 Å². The second kappa shape index (κ2) is 5.57. The summed E-state index contributed by atoms with van der Waals surface area (Å²) in [6.07, 6.45) is 3.96. The third kappa shape index (κ3) is 2.82. The number of methoxy groups -OCH3 is 1. The van der Waals surface area contributed by atoms with Gasteiger partial charge in [0.05, 0.1) is 11.6 Å². The second-order valence-corrected chi connectivity index (χ2v) is 7.07. The van der Waals surface area contributed by atoms with Gasteiger partial charge < -0.3 is 15.0 Å². The molecule has 1 heterocycles. The molecule has 2 aliphatic rings. The van der Waals surface area contributed by atoms with E-state index in [9.17, 15) is 0 Å². The van der Waals surface area contributed by atoms with Crippen LogP contribution in [0.1, 0.15) is 26.2 Å². The highest BCUT2D eigenvalue weighted by Gasteiger charge is 2.43. The van der Waals surface area contributed by atoms with Crippen LogP contribution in [-0.2, 0) is 0 Å². The lowest BCUT2D eigenvalue weighted by molar-refractivity contribution is 0.331. The van der Waals surface area contributed by atoms with Gasteiger partial charge in [0.2, 0.25) is 0 Å². The maximum atomic E-state index is 5.32. The normalized spacial score (nSPS) is 27.2. The summed E-state index contributed by atoms with van der Waals surface area (Å²) in [5.74, 6) is 1.75. The van der Waals surface area contributed by atoms with Crippen LogP contribution in [0.3, 0.4) is 0 Å². The predicted molar refractivity (Wildman–Crippen MR) is 86.7 cm³/mol. The minimum absolute atomic E-state index is 0.267. The van der Waals surface area contributed by atoms with E-state index in [1.54, 1.807) is 7.11 Å². The first-order valence-corrected chi connectivity index (χ1v) is 8.25. The van der Waals surface area contributed by atoms with E-state index < -0.39 is 0 Å². The summed E-state index contributed by atoms with van der Waals surface area (Å²) in [6.45, 7) is 5.73. The van der Waals surface area contributed by atoms with Crippen molar-refractivity contribution in [3.05, 3.63) is 22.7 Å². The Morgan fingerprint density at radius 1 is 1.40 bits per heavy atom. The minimum atomic E-state index is 0.267. The summed E-state index contributed by atoms with van der Waals surface area (Å²) in [7, 11) is 1.71. The third-order valence-electron chi connectivity index (χ3n) is 4.63. The van der Waals surface area contributed by atoms with Crippen molar-refractivity contribution in [2.45, 2.75) is 31.7 Å². The van der Waals surface area contributed by atoms with Gasteiger partial charge in [0.15, 0.2) is 0 Å². The minimum Gasteiger partial charge on any atom is -0.496 e. The number of halogens is 1. The second-order valence-electron chi connectivity index (χ2n) is 6.21. The van der Waals surface area contributed by atoms with Crippen LogP contribution in [-0.4, -0.2) is 32.3 Å². The molecule has 2 fully saturated rings. The van der Waals surface area contributed by atoms with Gasteiger partial charge in [-0.15, -0.1) is 0 Å². The smallest absolute Gasteiger partial charge is 0.133 e. The Balaban J connectivity index is 1.82. The highest BCUT2D eigenvalue weighted by molar-refractivity contribution is 9.10. The van der Waals surface area contributed by atoms with Crippen LogP contribution in [0.25, 0.3) is 0 Å². The molecule has 0 amide bonds. The van der Waals surface area contributed by atoms with E-state index in [2.05, 4.69) is 45.2 Å². The number of rotatable bonds is 3. The molecule has 1 unspecified atom stereocenters. The van der Waals surface area contributed by atoms with Gasteiger partial charge in [0.25, 0.3) is 0 Å². The summed E-state index contributed by atoms with van der Waals surface area (Å²) < 4.78 is 6.35. The van der Waals surface area contributed by atoms with Gasteiger partial charge in [-0.2, -0.15) is 0 Å². The number of hydrogen-bond donors (Lipinski definition) is 1.